The smallest absolute Gasteiger partial charge is 0.338 e. The molecule has 1 heterocycles. The summed E-state index contributed by atoms with van der Waals surface area (Å²) in [7, 11) is 0. The van der Waals surface area contributed by atoms with E-state index < -0.39 is 0 Å². The van der Waals surface area contributed by atoms with Crippen molar-refractivity contribution in [3.8, 4) is 6.07 Å². The Bertz CT molecular complexity index is 999. The summed E-state index contributed by atoms with van der Waals surface area (Å²) in [6, 6.07) is 14.9. The quantitative estimate of drug-likeness (QED) is 0.355. The lowest BCUT2D eigenvalue weighted by molar-refractivity contribution is -0.120. The second kappa shape index (κ2) is 8.15. The van der Waals surface area contributed by atoms with E-state index in [4.69, 9.17) is 4.74 Å². The van der Waals surface area contributed by atoms with E-state index in [2.05, 4.69) is 28.7 Å². The van der Waals surface area contributed by atoms with Crippen molar-refractivity contribution in [3.63, 3.8) is 0 Å². The van der Waals surface area contributed by atoms with E-state index in [9.17, 15) is 14.9 Å². The molecule has 3 atom stereocenters. The molecule has 0 aromatic heterocycles. The number of nitrogens with zero attached hydrogens (tertiary/aromatic N) is 2. The maximum Gasteiger partial charge on any atom is 0.338 e. The van der Waals surface area contributed by atoms with Crippen LogP contribution in [0.4, 0.5) is 5.69 Å². The standard InChI is InChI=1S/C23H21IN2O3/c1-14-18(11-24)16(12-25)7-9-20(14)26-13-19-17(22(26)27)8-10-21(19)29-23(28)15-5-3-2-4-6-15/h2-7,9,17,19,21H,8,10-11,13H2,1H3/t17-,19-,21-/m0/s1. The maximum atomic E-state index is 13.1. The maximum absolute atomic E-state index is 13.1. The van der Waals surface area contributed by atoms with Gasteiger partial charge in [0.15, 0.2) is 0 Å². The van der Waals surface area contributed by atoms with Crippen molar-refractivity contribution in [1.29, 1.82) is 5.26 Å². The van der Waals surface area contributed by atoms with Gasteiger partial charge in [-0.2, -0.15) is 5.26 Å². The van der Waals surface area contributed by atoms with Crippen LogP contribution in [-0.2, 0) is 14.0 Å². The number of hydrogen-bond acceptors (Lipinski definition) is 4. The van der Waals surface area contributed by atoms with Gasteiger partial charge in [0.25, 0.3) is 0 Å². The van der Waals surface area contributed by atoms with Gasteiger partial charge >= 0.3 is 5.97 Å². The van der Waals surface area contributed by atoms with Crippen LogP contribution in [-0.4, -0.2) is 24.5 Å². The highest BCUT2D eigenvalue weighted by molar-refractivity contribution is 14.1. The van der Waals surface area contributed by atoms with Crippen molar-refractivity contribution in [2.45, 2.75) is 30.3 Å². The van der Waals surface area contributed by atoms with Gasteiger partial charge in [-0.3, -0.25) is 4.79 Å². The minimum absolute atomic E-state index is 0.00765. The first-order valence-corrected chi connectivity index (χ1v) is 11.2. The molecule has 0 radical (unpaired) electrons. The number of esters is 1. The predicted octanol–water partition coefficient (Wildman–Crippen LogP) is 4.40. The molecule has 148 valence electrons. The Kier molecular flexibility index (Phi) is 5.59. The number of halogens is 1. The zero-order valence-corrected chi connectivity index (χ0v) is 18.3. The van der Waals surface area contributed by atoms with Gasteiger partial charge in [0.05, 0.1) is 17.2 Å². The summed E-state index contributed by atoms with van der Waals surface area (Å²) in [5.74, 6) is -0.334. The lowest BCUT2D eigenvalue weighted by Gasteiger charge is -2.24. The summed E-state index contributed by atoms with van der Waals surface area (Å²) >= 11 is 2.25. The molecule has 5 nitrogen and oxygen atoms in total. The molecule has 2 aromatic carbocycles. The number of fused-ring (bicyclic) bond motifs is 1. The highest BCUT2D eigenvalue weighted by atomic mass is 127. The minimum atomic E-state index is -0.330. The van der Waals surface area contributed by atoms with E-state index in [0.29, 0.717) is 22.1 Å². The summed E-state index contributed by atoms with van der Waals surface area (Å²) in [5, 5.41) is 9.34. The second-order valence-corrected chi connectivity index (χ2v) is 8.35. The molecule has 4 rings (SSSR count). The monoisotopic (exact) mass is 500 g/mol. The number of hydrogen-bond donors (Lipinski definition) is 0. The lowest BCUT2D eigenvalue weighted by atomic mass is 9.99. The number of benzene rings is 2. The molecule has 1 amide bonds. The van der Waals surface area contributed by atoms with E-state index in [-0.39, 0.29) is 29.8 Å². The van der Waals surface area contributed by atoms with Gasteiger partial charge in [0, 0.05) is 28.5 Å². The minimum Gasteiger partial charge on any atom is -0.458 e. The van der Waals surface area contributed by atoms with Crippen LogP contribution in [0.2, 0.25) is 0 Å². The van der Waals surface area contributed by atoms with Gasteiger partial charge in [-0.05, 0) is 55.2 Å². The summed E-state index contributed by atoms with van der Waals surface area (Å²) < 4.78 is 6.51. The van der Waals surface area contributed by atoms with Crippen LogP contribution in [0.5, 0.6) is 0 Å². The fourth-order valence-electron chi connectivity index (χ4n) is 4.54. The first kappa shape index (κ1) is 19.9. The van der Waals surface area contributed by atoms with E-state index in [1.54, 1.807) is 18.2 Å². The summed E-state index contributed by atoms with van der Waals surface area (Å²) in [6.07, 6.45) is 1.21. The zero-order chi connectivity index (χ0) is 20.5. The first-order valence-electron chi connectivity index (χ1n) is 9.71. The molecule has 1 saturated carbocycles. The highest BCUT2D eigenvalue weighted by Crippen LogP contribution is 2.43. The molecular formula is C23H21IN2O3. The Hall–Kier alpha value is -2.40. The Morgan fingerprint density at radius 3 is 2.69 bits per heavy atom. The molecule has 1 aliphatic carbocycles. The number of carbonyl (C=O) groups is 2. The van der Waals surface area contributed by atoms with Crippen molar-refractivity contribution in [1.82, 2.24) is 0 Å². The number of amides is 1. The zero-order valence-electron chi connectivity index (χ0n) is 16.1. The van der Waals surface area contributed by atoms with Gasteiger partial charge in [-0.1, -0.05) is 40.8 Å². The van der Waals surface area contributed by atoms with Crippen LogP contribution >= 0.6 is 22.6 Å². The predicted molar refractivity (Wildman–Crippen MR) is 118 cm³/mol. The van der Waals surface area contributed by atoms with Gasteiger partial charge in [0.2, 0.25) is 5.91 Å². The molecule has 2 aromatic rings. The summed E-state index contributed by atoms with van der Waals surface area (Å²) in [4.78, 5) is 27.4. The topological polar surface area (TPSA) is 70.4 Å². The van der Waals surface area contributed by atoms with E-state index in [1.807, 2.05) is 36.1 Å². The molecule has 0 bridgehead atoms. The number of alkyl halides is 1. The molecule has 29 heavy (non-hydrogen) atoms. The second-order valence-electron chi connectivity index (χ2n) is 7.59. The molecule has 0 unspecified atom stereocenters. The van der Waals surface area contributed by atoms with Gasteiger partial charge in [0.1, 0.15) is 6.10 Å². The molecule has 1 aliphatic heterocycles. The fourth-order valence-corrected chi connectivity index (χ4v) is 5.52. The average molecular weight is 500 g/mol. The third-order valence-corrected chi connectivity index (χ3v) is 6.88. The highest BCUT2D eigenvalue weighted by Gasteiger charge is 2.50. The number of anilines is 1. The molecule has 1 saturated heterocycles. The average Bonchev–Trinajstić information content (AvgIpc) is 3.28. The van der Waals surface area contributed by atoms with Crippen LogP contribution in [0, 0.1) is 30.1 Å². The summed E-state index contributed by atoms with van der Waals surface area (Å²) in [5.41, 5.74) is 4.00. The van der Waals surface area contributed by atoms with Crippen molar-refractivity contribution in [3.05, 3.63) is 64.7 Å². The van der Waals surface area contributed by atoms with Gasteiger partial charge < -0.3 is 9.64 Å². The van der Waals surface area contributed by atoms with Gasteiger partial charge in [-0.15, -0.1) is 0 Å². The molecule has 2 aliphatic rings. The van der Waals surface area contributed by atoms with E-state index in [1.165, 1.54) is 0 Å². The largest absolute Gasteiger partial charge is 0.458 e. The molecular weight excluding hydrogens is 479 g/mol. The normalized spacial score (nSPS) is 23.0. The Balaban J connectivity index is 1.55. The molecule has 6 heteroatoms. The first-order chi connectivity index (χ1) is 14.0. The lowest BCUT2D eigenvalue weighted by Crippen LogP contribution is -2.30. The third-order valence-electron chi connectivity index (χ3n) is 6.12. The van der Waals surface area contributed by atoms with Crippen molar-refractivity contribution >= 4 is 40.2 Å². The van der Waals surface area contributed by atoms with Crippen molar-refractivity contribution in [2.24, 2.45) is 11.8 Å². The van der Waals surface area contributed by atoms with E-state index >= 15 is 0 Å². The van der Waals surface area contributed by atoms with Crippen LogP contribution in [0.3, 0.4) is 0 Å². The Morgan fingerprint density at radius 2 is 2.00 bits per heavy atom. The number of carbonyl (C=O) groups excluding carboxylic acids is 2. The Labute approximate surface area is 183 Å². The number of rotatable bonds is 4. The molecule has 2 fully saturated rings. The van der Waals surface area contributed by atoms with Crippen LogP contribution < -0.4 is 4.90 Å². The van der Waals surface area contributed by atoms with E-state index in [0.717, 1.165) is 29.7 Å². The number of ether oxygens (including phenoxy) is 1. The molecule has 0 spiro atoms. The Morgan fingerprint density at radius 1 is 1.24 bits per heavy atom. The van der Waals surface area contributed by atoms with Crippen molar-refractivity contribution < 1.29 is 14.3 Å². The van der Waals surface area contributed by atoms with Crippen LogP contribution in [0.25, 0.3) is 0 Å². The number of nitriles is 1. The third kappa shape index (κ3) is 3.52. The van der Waals surface area contributed by atoms with Crippen molar-refractivity contribution in [2.75, 3.05) is 11.4 Å². The van der Waals surface area contributed by atoms with Crippen LogP contribution in [0.15, 0.2) is 42.5 Å². The van der Waals surface area contributed by atoms with Crippen LogP contribution in [0.1, 0.15) is 39.9 Å². The summed E-state index contributed by atoms with van der Waals surface area (Å²) in [6.45, 7) is 2.52. The molecule has 0 N–H and O–H groups in total. The SMILES string of the molecule is Cc1c(N2C[C@@H]3[C@@H](OC(=O)c4ccccc4)CC[C@@H]3C2=O)ccc(C#N)c1CI. The van der Waals surface area contributed by atoms with Gasteiger partial charge in [-0.25, -0.2) is 4.79 Å². The fraction of sp³-hybridized carbons (Fsp3) is 0.348.